The Labute approximate surface area is 137 Å². The fourth-order valence-corrected chi connectivity index (χ4v) is 3.44. The topological polar surface area (TPSA) is 79.6 Å². The van der Waals surface area contributed by atoms with Crippen molar-refractivity contribution in [3.05, 3.63) is 50.3 Å². The summed E-state index contributed by atoms with van der Waals surface area (Å²) in [6.45, 7) is 4.11. The van der Waals surface area contributed by atoms with Crippen molar-refractivity contribution in [2.75, 3.05) is 31.1 Å². The fraction of sp³-hybridized carbons (Fsp3) is 0.333. The minimum absolute atomic E-state index is 0.00107. The number of nitrogens with zero attached hydrogens (tertiary/aromatic N) is 4. The highest BCUT2D eigenvalue weighted by Gasteiger charge is 2.27. The number of anilines is 1. The summed E-state index contributed by atoms with van der Waals surface area (Å²) in [7, 11) is 0. The van der Waals surface area contributed by atoms with Gasteiger partial charge in [0.05, 0.1) is 9.80 Å². The summed E-state index contributed by atoms with van der Waals surface area (Å²) < 4.78 is 0. The van der Waals surface area contributed by atoms with Gasteiger partial charge in [-0.25, -0.2) is 4.98 Å². The number of rotatable bonds is 3. The van der Waals surface area contributed by atoms with E-state index in [1.165, 1.54) is 17.4 Å². The fourth-order valence-electron chi connectivity index (χ4n) is 2.60. The van der Waals surface area contributed by atoms with E-state index in [1.807, 2.05) is 24.0 Å². The summed E-state index contributed by atoms with van der Waals surface area (Å²) in [4.78, 5) is 32.7. The molecule has 1 aliphatic rings. The van der Waals surface area contributed by atoms with Crippen molar-refractivity contribution >= 4 is 28.7 Å². The molecule has 3 heterocycles. The van der Waals surface area contributed by atoms with Gasteiger partial charge in [-0.3, -0.25) is 14.9 Å². The number of hydrogen-bond donors (Lipinski definition) is 0. The standard InChI is InChI=1S/C15H16N4O3S/c1-11-4-5-13(23-11)15(20)18-9-7-17(8-10-18)14-12(19(21)22)3-2-6-16-14/h2-6H,7-10H2,1H3. The Morgan fingerprint density at radius 2 is 2.00 bits per heavy atom. The van der Waals surface area contributed by atoms with Crippen LogP contribution in [0.25, 0.3) is 0 Å². The maximum absolute atomic E-state index is 12.4. The first kappa shape index (κ1) is 15.4. The Bertz CT molecular complexity index is 738. The molecule has 0 atom stereocenters. The van der Waals surface area contributed by atoms with Crippen LogP contribution in [0.2, 0.25) is 0 Å². The summed E-state index contributed by atoms with van der Waals surface area (Å²) in [5.74, 6) is 0.398. The van der Waals surface area contributed by atoms with Crippen LogP contribution in [0, 0.1) is 17.0 Å². The van der Waals surface area contributed by atoms with E-state index in [0.717, 1.165) is 9.75 Å². The Morgan fingerprint density at radius 1 is 1.26 bits per heavy atom. The predicted octanol–water partition coefficient (Wildman–Crippen LogP) is 2.32. The van der Waals surface area contributed by atoms with Crippen LogP contribution in [0.3, 0.4) is 0 Å². The maximum atomic E-state index is 12.4. The number of hydrogen-bond acceptors (Lipinski definition) is 6. The van der Waals surface area contributed by atoms with Gasteiger partial charge in [0, 0.05) is 43.3 Å². The van der Waals surface area contributed by atoms with Crippen LogP contribution in [0.1, 0.15) is 14.5 Å². The summed E-state index contributed by atoms with van der Waals surface area (Å²) in [5.41, 5.74) is 0.00107. The number of nitro groups is 1. The number of carbonyl (C=O) groups is 1. The van der Waals surface area contributed by atoms with E-state index in [4.69, 9.17) is 0 Å². The zero-order valence-corrected chi connectivity index (χ0v) is 13.5. The highest BCUT2D eigenvalue weighted by Crippen LogP contribution is 2.26. The molecule has 1 amide bonds. The van der Waals surface area contributed by atoms with Crippen molar-refractivity contribution in [2.45, 2.75) is 6.92 Å². The van der Waals surface area contributed by atoms with E-state index in [1.54, 1.807) is 17.2 Å². The van der Waals surface area contributed by atoms with Crippen molar-refractivity contribution < 1.29 is 9.72 Å². The molecule has 0 spiro atoms. The highest BCUT2D eigenvalue weighted by molar-refractivity contribution is 7.13. The molecule has 0 unspecified atom stereocenters. The second-order valence-electron chi connectivity index (χ2n) is 5.29. The number of thiophene rings is 1. The highest BCUT2D eigenvalue weighted by atomic mass is 32.1. The first-order valence-electron chi connectivity index (χ1n) is 7.26. The molecule has 0 aromatic carbocycles. The van der Waals surface area contributed by atoms with Gasteiger partial charge in [0.2, 0.25) is 5.82 Å². The second kappa shape index (κ2) is 6.33. The molecule has 0 aliphatic carbocycles. The Kier molecular flexibility index (Phi) is 4.24. The number of carbonyl (C=O) groups excluding carboxylic acids is 1. The van der Waals surface area contributed by atoms with Crippen LogP contribution >= 0.6 is 11.3 Å². The molecule has 7 nitrogen and oxygen atoms in total. The Hall–Kier alpha value is -2.48. The molecule has 2 aromatic heterocycles. The number of piperazine rings is 1. The van der Waals surface area contributed by atoms with Gasteiger partial charge in [-0.1, -0.05) is 0 Å². The molecular formula is C15H16N4O3S. The Morgan fingerprint density at radius 3 is 2.61 bits per heavy atom. The van der Waals surface area contributed by atoms with Crippen LogP contribution in [0.5, 0.6) is 0 Å². The molecule has 0 bridgehead atoms. The van der Waals surface area contributed by atoms with Crippen LogP contribution in [-0.2, 0) is 0 Å². The summed E-state index contributed by atoms with van der Waals surface area (Å²) >= 11 is 1.49. The van der Waals surface area contributed by atoms with Crippen LogP contribution in [-0.4, -0.2) is 46.9 Å². The van der Waals surface area contributed by atoms with E-state index in [9.17, 15) is 14.9 Å². The van der Waals surface area contributed by atoms with E-state index >= 15 is 0 Å². The van der Waals surface area contributed by atoms with Crippen molar-refractivity contribution in [1.82, 2.24) is 9.88 Å². The van der Waals surface area contributed by atoms with E-state index in [2.05, 4.69) is 4.98 Å². The number of aryl methyl sites for hydroxylation is 1. The third-order valence-electron chi connectivity index (χ3n) is 3.78. The number of pyridine rings is 1. The zero-order valence-electron chi connectivity index (χ0n) is 12.6. The first-order valence-corrected chi connectivity index (χ1v) is 8.08. The van der Waals surface area contributed by atoms with E-state index in [0.29, 0.717) is 32.0 Å². The average molecular weight is 332 g/mol. The summed E-state index contributed by atoms with van der Waals surface area (Å²) in [6.07, 6.45) is 1.55. The lowest BCUT2D eigenvalue weighted by molar-refractivity contribution is -0.384. The SMILES string of the molecule is Cc1ccc(C(=O)N2CCN(c3ncccc3[N+](=O)[O-])CC2)s1. The zero-order chi connectivity index (χ0) is 16.4. The molecule has 1 fully saturated rings. The molecule has 1 aliphatic heterocycles. The van der Waals surface area contributed by atoms with Gasteiger partial charge in [-0.15, -0.1) is 11.3 Å². The van der Waals surface area contributed by atoms with Crippen LogP contribution in [0.15, 0.2) is 30.5 Å². The van der Waals surface area contributed by atoms with Gasteiger partial charge < -0.3 is 9.80 Å². The number of amides is 1. The first-order chi connectivity index (χ1) is 11.1. The van der Waals surface area contributed by atoms with Gasteiger partial charge in [-0.2, -0.15) is 0 Å². The molecule has 0 N–H and O–H groups in total. The normalized spacial score (nSPS) is 14.8. The van der Waals surface area contributed by atoms with Crippen molar-refractivity contribution in [1.29, 1.82) is 0 Å². The lowest BCUT2D eigenvalue weighted by Crippen LogP contribution is -2.49. The van der Waals surface area contributed by atoms with Gasteiger partial charge in [-0.05, 0) is 25.1 Å². The summed E-state index contributed by atoms with van der Waals surface area (Å²) in [6, 6.07) is 6.79. The van der Waals surface area contributed by atoms with Gasteiger partial charge in [0.1, 0.15) is 0 Å². The molecule has 1 saturated heterocycles. The molecule has 0 saturated carbocycles. The van der Waals surface area contributed by atoms with Gasteiger partial charge in [0.25, 0.3) is 5.91 Å². The predicted molar refractivity (Wildman–Crippen MR) is 88.1 cm³/mol. The smallest absolute Gasteiger partial charge is 0.311 e. The van der Waals surface area contributed by atoms with Gasteiger partial charge in [0.15, 0.2) is 0 Å². The van der Waals surface area contributed by atoms with Crippen LogP contribution < -0.4 is 4.90 Å². The minimum atomic E-state index is -0.422. The van der Waals surface area contributed by atoms with Crippen molar-refractivity contribution in [3.63, 3.8) is 0 Å². The third kappa shape index (κ3) is 3.16. The van der Waals surface area contributed by atoms with E-state index < -0.39 is 4.92 Å². The molecule has 2 aromatic rings. The molecule has 120 valence electrons. The summed E-state index contributed by atoms with van der Waals surface area (Å²) in [5, 5.41) is 11.1. The van der Waals surface area contributed by atoms with Crippen molar-refractivity contribution in [3.8, 4) is 0 Å². The lowest BCUT2D eigenvalue weighted by Gasteiger charge is -2.34. The number of aromatic nitrogens is 1. The minimum Gasteiger partial charge on any atom is -0.347 e. The molecule has 8 heteroatoms. The Balaban J connectivity index is 1.69. The largest absolute Gasteiger partial charge is 0.347 e. The molecule has 0 radical (unpaired) electrons. The van der Waals surface area contributed by atoms with Crippen LogP contribution in [0.4, 0.5) is 11.5 Å². The third-order valence-corrected chi connectivity index (χ3v) is 4.77. The quantitative estimate of drug-likeness (QED) is 0.636. The molecular weight excluding hydrogens is 316 g/mol. The maximum Gasteiger partial charge on any atom is 0.311 e. The van der Waals surface area contributed by atoms with Gasteiger partial charge >= 0.3 is 5.69 Å². The molecule has 3 rings (SSSR count). The lowest BCUT2D eigenvalue weighted by atomic mass is 10.2. The van der Waals surface area contributed by atoms with E-state index in [-0.39, 0.29) is 11.6 Å². The monoisotopic (exact) mass is 332 g/mol. The average Bonchev–Trinajstić information content (AvgIpc) is 3.01. The van der Waals surface area contributed by atoms with Crippen molar-refractivity contribution in [2.24, 2.45) is 0 Å². The second-order valence-corrected chi connectivity index (χ2v) is 6.58. The molecule has 23 heavy (non-hydrogen) atoms.